The van der Waals surface area contributed by atoms with Gasteiger partial charge in [0.1, 0.15) is 22.7 Å². The summed E-state index contributed by atoms with van der Waals surface area (Å²) in [5.41, 5.74) is 0.376. The molecule has 3 aromatic heterocycles. The maximum Gasteiger partial charge on any atom is 0.291 e. The van der Waals surface area contributed by atoms with Gasteiger partial charge in [0.2, 0.25) is 5.91 Å². The lowest BCUT2D eigenvalue weighted by molar-refractivity contribution is -0.123. The number of nitrogens with one attached hydrogen (secondary N) is 1. The Hall–Kier alpha value is -2.19. The van der Waals surface area contributed by atoms with Crippen molar-refractivity contribution in [2.24, 2.45) is 5.92 Å². The Labute approximate surface area is 166 Å². The fraction of sp³-hybridized carbons (Fsp3) is 0.550. The Bertz CT molecular complexity index is 1130. The highest BCUT2D eigenvalue weighted by Gasteiger charge is 2.43. The quantitative estimate of drug-likeness (QED) is 0.729. The van der Waals surface area contributed by atoms with Crippen LogP contribution in [0.5, 0.6) is 0 Å². The number of carbonyl (C=O) groups excluding carboxylic acids is 1. The minimum atomic E-state index is -0.215. The molecule has 2 unspecified atom stereocenters. The molecule has 148 valence electrons. The van der Waals surface area contributed by atoms with Crippen molar-refractivity contribution in [1.82, 2.24) is 24.4 Å². The summed E-state index contributed by atoms with van der Waals surface area (Å²) in [6.45, 7) is 5.20. The summed E-state index contributed by atoms with van der Waals surface area (Å²) in [6, 6.07) is 4.52. The van der Waals surface area contributed by atoms with Gasteiger partial charge in [-0.1, -0.05) is 13.8 Å². The van der Waals surface area contributed by atoms with Gasteiger partial charge < -0.3 is 10.2 Å². The normalized spacial score (nSPS) is 24.8. The number of piperidine rings is 1. The second kappa shape index (κ2) is 6.42. The Kier molecular flexibility index (Phi) is 4.10. The minimum Gasteiger partial charge on any atom is -0.350 e. The van der Waals surface area contributed by atoms with Gasteiger partial charge >= 0.3 is 0 Å². The fourth-order valence-electron chi connectivity index (χ4n) is 4.98. The highest BCUT2D eigenvalue weighted by molar-refractivity contribution is 7.16. The maximum absolute atomic E-state index is 13.0. The third-order valence-electron chi connectivity index (χ3n) is 6.21. The van der Waals surface area contributed by atoms with Crippen LogP contribution in [0.1, 0.15) is 38.4 Å². The van der Waals surface area contributed by atoms with Crippen LogP contribution >= 0.6 is 11.3 Å². The molecule has 2 bridgehead atoms. The molecule has 3 atom stereocenters. The summed E-state index contributed by atoms with van der Waals surface area (Å²) in [7, 11) is 2.12. The van der Waals surface area contributed by atoms with E-state index in [0.717, 1.165) is 35.4 Å². The van der Waals surface area contributed by atoms with Gasteiger partial charge in [-0.15, -0.1) is 11.3 Å². The van der Waals surface area contributed by atoms with E-state index in [1.54, 1.807) is 11.3 Å². The van der Waals surface area contributed by atoms with Crippen LogP contribution in [0.25, 0.3) is 15.7 Å². The number of likely N-dealkylation sites (N-methyl/N-ethyl adjacent to an activating group) is 1. The number of nitrogens with zero attached hydrogens (tertiary/aromatic N) is 4. The standard InChI is InChI=1S/C20H25N5O2S/c1-11(2)18-22-24(19(27)16-8-13-4-5-28-20(13)25(16)18)10-17(26)21-14-6-12-7-15(14)23(3)9-12/h4-5,8,11-12,14-15H,6-7,9-10H2,1-3H3,(H,21,26)/t12-,14?,15?/m0/s1. The molecule has 1 saturated heterocycles. The summed E-state index contributed by atoms with van der Waals surface area (Å²) in [5.74, 6) is 1.49. The summed E-state index contributed by atoms with van der Waals surface area (Å²) in [5, 5.41) is 10.8. The highest BCUT2D eigenvalue weighted by Crippen LogP contribution is 2.36. The van der Waals surface area contributed by atoms with Gasteiger partial charge in [-0.3, -0.25) is 14.0 Å². The monoisotopic (exact) mass is 399 g/mol. The predicted octanol–water partition coefficient (Wildman–Crippen LogP) is 2.04. The molecule has 1 saturated carbocycles. The van der Waals surface area contributed by atoms with Gasteiger partial charge in [-0.2, -0.15) is 5.10 Å². The lowest BCUT2D eigenvalue weighted by Gasteiger charge is -2.30. The topological polar surface area (TPSA) is 71.6 Å². The molecule has 3 aromatic rings. The summed E-state index contributed by atoms with van der Waals surface area (Å²) in [4.78, 5) is 29.1. The number of fused-ring (bicyclic) bond motifs is 5. The molecule has 1 aliphatic carbocycles. The lowest BCUT2D eigenvalue weighted by atomic mass is 10.1. The van der Waals surface area contributed by atoms with E-state index in [4.69, 9.17) is 0 Å². The van der Waals surface area contributed by atoms with Crippen LogP contribution in [0.2, 0.25) is 0 Å². The molecule has 7 nitrogen and oxygen atoms in total. The average Bonchev–Trinajstić information content (AvgIpc) is 3.36. The lowest BCUT2D eigenvalue weighted by Crippen LogP contribution is -2.50. The smallest absolute Gasteiger partial charge is 0.291 e. The molecule has 0 spiro atoms. The number of rotatable bonds is 4. The number of likely N-dealkylation sites (tertiary alicyclic amines) is 1. The van der Waals surface area contributed by atoms with Crippen molar-refractivity contribution in [2.45, 2.75) is 51.2 Å². The summed E-state index contributed by atoms with van der Waals surface area (Å²) >= 11 is 1.60. The van der Waals surface area contributed by atoms with Crippen molar-refractivity contribution in [2.75, 3.05) is 13.6 Å². The van der Waals surface area contributed by atoms with E-state index in [1.807, 2.05) is 21.9 Å². The second-order valence-corrected chi connectivity index (χ2v) is 9.43. The molecule has 1 amide bonds. The van der Waals surface area contributed by atoms with Gasteiger partial charge in [0.25, 0.3) is 5.56 Å². The van der Waals surface area contributed by atoms with Gasteiger partial charge in [0, 0.05) is 29.9 Å². The van der Waals surface area contributed by atoms with Gasteiger partial charge in [-0.25, -0.2) is 4.68 Å². The van der Waals surface area contributed by atoms with Crippen molar-refractivity contribution in [1.29, 1.82) is 0 Å². The van der Waals surface area contributed by atoms with Crippen LogP contribution in [0.15, 0.2) is 22.3 Å². The average molecular weight is 400 g/mol. The first kappa shape index (κ1) is 17.9. The number of hydrogen-bond donors (Lipinski definition) is 1. The minimum absolute atomic E-state index is 0.0362. The van der Waals surface area contributed by atoms with Crippen LogP contribution < -0.4 is 10.9 Å². The molecule has 0 radical (unpaired) electrons. The zero-order chi connectivity index (χ0) is 19.6. The Balaban J connectivity index is 1.46. The highest BCUT2D eigenvalue weighted by atomic mass is 32.1. The Morgan fingerprint density at radius 1 is 1.39 bits per heavy atom. The van der Waals surface area contributed by atoms with E-state index >= 15 is 0 Å². The van der Waals surface area contributed by atoms with Gasteiger partial charge in [0.05, 0.1) is 0 Å². The Morgan fingerprint density at radius 3 is 2.93 bits per heavy atom. The number of thiophene rings is 1. The molecular formula is C20H25N5O2S. The molecule has 0 aromatic carbocycles. The number of amides is 1. The van der Waals surface area contributed by atoms with Crippen molar-refractivity contribution in [3.8, 4) is 0 Å². The zero-order valence-electron chi connectivity index (χ0n) is 16.4. The van der Waals surface area contributed by atoms with Crippen molar-refractivity contribution in [3.63, 3.8) is 0 Å². The van der Waals surface area contributed by atoms with Crippen LogP contribution in [-0.4, -0.2) is 50.7 Å². The van der Waals surface area contributed by atoms with E-state index in [0.29, 0.717) is 17.5 Å². The van der Waals surface area contributed by atoms with Crippen molar-refractivity contribution >= 4 is 33.0 Å². The van der Waals surface area contributed by atoms with Crippen LogP contribution in [0, 0.1) is 5.92 Å². The maximum atomic E-state index is 13.0. The summed E-state index contributed by atoms with van der Waals surface area (Å²) < 4.78 is 3.28. The molecule has 1 aliphatic heterocycles. The first-order chi connectivity index (χ1) is 13.4. The molecule has 2 aliphatic rings. The van der Waals surface area contributed by atoms with E-state index < -0.39 is 0 Å². The number of aromatic nitrogens is 3. The van der Waals surface area contributed by atoms with E-state index in [2.05, 4.69) is 36.2 Å². The van der Waals surface area contributed by atoms with Crippen LogP contribution in [0.3, 0.4) is 0 Å². The molecule has 4 heterocycles. The Morgan fingerprint density at radius 2 is 2.21 bits per heavy atom. The zero-order valence-corrected chi connectivity index (χ0v) is 17.2. The van der Waals surface area contributed by atoms with Crippen LogP contribution in [-0.2, 0) is 11.3 Å². The fourth-order valence-corrected chi connectivity index (χ4v) is 5.88. The van der Waals surface area contributed by atoms with Gasteiger partial charge in [-0.05, 0) is 43.3 Å². The molecule has 2 fully saturated rings. The van der Waals surface area contributed by atoms with Crippen LogP contribution in [0.4, 0.5) is 0 Å². The van der Waals surface area contributed by atoms with Crippen molar-refractivity contribution < 1.29 is 4.79 Å². The van der Waals surface area contributed by atoms with E-state index in [1.165, 1.54) is 4.68 Å². The van der Waals surface area contributed by atoms with E-state index in [-0.39, 0.29) is 30.0 Å². The number of carbonyl (C=O) groups is 1. The van der Waals surface area contributed by atoms with E-state index in [9.17, 15) is 9.59 Å². The number of hydrogen-bond acceptors (Lipinski definition) is 5. The largest absolute Gasteiger partial charge is 0.350 e. The molecule has 5 rings (SSSR count). The summed E-state index contributed by atoms with van der Waals surface area (Å²) in [6.07, 6.45) is 2.19. The predicted molar refractivity (Wildman–Crippen MR) is 110 cm³/mol. The molecule has 8 heteroatoms. The first-order valence-electron chi connectivity index (χ1n) is 9.91. The first-order valence-corrected chi connectivity index (χ1v) is 10.8. The molecule has 1 N–H and O–H groups in total. The third-order valence-corrected chi connectivity index (χ3v) is 7.13. The second-order valence-electron chi connectivity index (χ2n) is 8.54. The van der Waals surface area contributed by atoms with Crippen molar-refractivity contribution in [3.05, 3.63) is 33.7 Å². The SMILES string of the molecule is CC(C)c1nn(CC(=O)NC2C[C@H]3CC2N(C)C3)c(=O)c2cc3ccsc3n12. The molecule has 28 heavy (non-hydrogen) atoms. The van der Waals surface area contributed by atoms with Gasteiger partial charge in [0.15, 0.2) is 0 Å². The third kappa shape index (κ3) is 2.69. The molecular weight excluding hydrogens is 374 g/mol.